The minimum absolute atomic E-state index is 0.132. The highest BCUT2D eigenvalue weighted by atomic mass is 35.5. The van der Waals surface area contributed by atoms with Crippen molar-refractivity contribution in [2.24, 2.45) is 0 Å². The van der Waals surface area contributed by atoms with Crippen molar-refractivity contribution < 1.29 is 4.79 Å². The Kier molecular flexibility index (Phi) is 7.30. The zero-order valence-electron chi connectivity index (χ0n) is 15.7. The molecule has 0 spiro atoms. The SMILES string of the molecule is C=CCn1c(SCC(=O)N[C@H](C)c2ccc(Cl)cc2Cl)nnc1-c1ccncc1. The van der Waals surface area contributed by atoms with Gasteiger partial charge in [0, 0.05) is 34.5 Å². The summed E-state index contributed by atoms with van der Waals surface area (Å²) in [4.78, 5) is 16.5. The Hall–Kier alpha value is -2.35. The van der Waals surface area contributed by atoms with Crippen molar-refractivity contribution >= 4 is 40.9 Å². The normalized spacial score (nSPS) is 11.8. The molecule has 1 aromatic carbocycles. The molecule has 0 unspecified atom stereocenters. The smallest absolute Gasteiger partial charge is 0.230 e. The second kappa shape index (κ2) is 9.91. The maximum Gasteiger partial charge on any atom is 0.230 e. The lowest BCUT2D eigenvalue weighted by Crippen LogP contribution is -2.28. The van der Waals surface area contributed by atoms with Crippen molar-refractivity contribution in [1.29, 1.82) is 0 Å². The first-order chi connectivity index (χ1) is 14.0. The molecule has 0 saturated carbocycles. The monoisotopic (exact) mass is 447 g/mol. The topological polar surface area (TPSA) is 72.7 Å². The van der Waals surface area contributed by atoms with E-state index in [9.17, 15) is 4.79 Å². The molecule has 1 N–H and O–H groups in total. The number of carbonyl (C=O) groups is 1. The number of rotatable bonds is 8. The molecule has 2 aromatic heterocycles. The molecule has 1 amide bonds. The fraction of sp³-hybridized carbons (Fsp3) is 0.200. The Labute approximate surface area is 183 Å². The summed E-state index contributed by atoms with van der Waals surface area (Å²) in [5, 5.41) is 13.2. The molecule has 0 aliphatic carbocycles. The molecule has 3 rings (SSSR count). The van der Waals surface area contributed by atoms with E-state index >= 15 is 0 Å². The Bertz CT molecular complexity index is 1010. The Morgan fingerprint density at radius 1 is 1.28 bits per heavy atom. The average Bonchev–Trinajstić information content (AvgIpc) is 3.10. The van der Waals surface area contributed by atoms with E-state index in [1.807, 2.05) is 29.7 Å². The second-order valence-corrected chi connectivity index (χ2v) is 7.97. The fourth-order valence-electron chi connectivity index (χ4n) is 2.75. The number of carbonyl (C=O) groups excluding carboxylic acids is 1. The number of halogens is 2. The van der Waals surface area contributed by atoms with Crippen molar-refractivity contribution in [3.05, 3.63) is 71.0 Å². The van der Waals surface area contributed by atoms with E-state index in [-0.39, 0.29) is 17.7 Å². The minimum atomic E-state index is -0.244. The highest BCUT2D eigenvalue weighted by molar-refractivity contribution is 7.99. The van der Waals surface area contributed by atoms with Gasteiger partial charge < -0.3 is 5.32 Å². The van der Waals surface area contributed by atoms with Crippen molar-refractivity contribution in [2.45, 2.75) is 24.7 Å². The van der Waals surface area contributed by atoms with Crippen LogP contribution in [0.1, 0.15) is 18.5 Å². The number of allylic oxidation sites excluding steroid dienone is 1. The molecule has 9 heteroatoms. The summed E-state index contributed by atoms with van der Waals surface area (Å²) in [5.74, 6) is 0.768. The number of amides is 1. The van der Waals surface area contributed by atoms with Crippen LogP contribution in [0.2, 0.25) is 10.0 Å². The van der Waals surface area contributed by atoms with Crippen LogP contribution in [0.5, 0.6) is 0 Å². The molecule has 29 heavy (non-hydrogen) atoms. The lowest BCUT2D eigenvalue weighted by atomic mass is 10.1. The highest BCUT2D eigenvalue weighted by Crippen LogP contribution is 2.27. The summed E-state index contributed by atoms with van der Waals surface area (Å²) < 4.78 is 1.92. The van der Waals surface area contributed by atoms with Crippen LogP contribution in [0.25, 0.3) is 11.4 Å². The fourth-order valence-corrected chi connectivity index (χ4v) is 4.08. The number of nitrogens with zero attached hydrogens (tertiary/aromatic N) is 4. The predicted molar refractivity (Wildman–Crippen MR) is 117 cm³/mol. The third kappa shape index (κ3) is 5.38. The maximum atomic E-state index is 12.4. The Morgan fingerprint density at radius 2 is 2.03 bits per heavy atom. The largest absolute Gasteiger partial charge is 0.349 e. The van der Waals surface area contributed by atoms with E-state index in [0.29, 0.717) is 27.6 Å². The lowest BCUT2D eigenvalue weighted by Gasteiger charge is -2.16. The van der Waals surface area contributed by atoms with E-state index in [0.717, 1.165) is 11.1 Å². The van der Waals surface area contributed by atoms with Crippen molar-refractivity contribution in [1.82, 2.24) is 25.1 Å². The van der Waals surface area contributed by atoms with Gasteiger partial charge in [-0.3, -0.25) is 14.3 Å². The average molecular weight is 448 g/mol. The second-order valence-electron chi connectivity index (χ2n) is 6.19. The predicted octanol–water partition coefficient (Wildman–Crippen LogP) is 4.80. The van der Waals surface area contributed by atoms with Gasteiger partial charge in [-0.25, -0.2) is 0 Å². The van der Waals surface area contributed by atoms with Gasteiger partial charge in [0.2, 0.25) is 5.91 Å². The third-order valence-corrected chi connectivity index (χ3v) is 5.64. The third-order valence-electron chi connectivity index (χ3n) is 4.11. The molecule has 2 heterocycles. The van der Waals surface area contributed by atoms with Gasteiger partial charge in [-0.15, -0.1) is 16.8 Å². The molecule has 0 bridgehead atoms. The molecule has 150 valence electrons. The summed E-state index contributed by atoms with van der Waals surface area (Å²) in [6.45, 7) is 6.20. The minimum Gasteiger partial charge on any atom is -0.349 e. The number of hydrogen-bond acceptors (Lipinski definition) is 5. The van der Waals surface area contributed by atoms with E-state index in [1.165, 1.54) is 11.8 Å². The van der Waals surface area contributed by atoms with E-state index in [1.54, 1.807) is 30.6 Å². The number of hydrogen-bond donors (Lipinski definition) is 1. The number of thioether (sulfide) groups is 1. The van der Waals surface area contributed by atoms with Crippen molar-refractivity contribution in [2.75, 3.05) is 5.75 Å². The Balaban J connectivity index is 1.67. The van der Waals surface area contributed by atoms with Crippen LogP contribution < -0.4 is 5.32 Å². The summed E-state index contributed by atoms with van der Waals surface area (Å²) in [7, 11) is 0. The summed E-state index contributed by atoms with van der Waals surface area (Å²) >= 11 is 13.5. The summed E-state index contributed by atoms with van der Waals surface area (Å²) in [5.41, 5.74) is 1.71. The first kappa shape index (κ1) is 21.4. The highest BCUT2D eigenvalue weighted by Gasteiger charge is 2.17. The molecule has 1 atom stereocenters. The quantitative estimate of drug-likeness (QED) is 0.396. The molecular weight excluding hydrogens is 429 g/mol. The molecule has 0 fully saturated rings. The summed E-state index contributed by atoms with van der Waals surface area (Å²) in [6.07, 6.45) is 5.17. The molecule has 6 nitrogen and oxygen atoms in total. The van der Waals surface area contributed by atoms with Crippen LogP contribution in [0.3, 0.4) is 0 Å². The standard InChI is InChI=1S/C20H19Cl2N5OS/c1-3-10-27-19(14-6-8-23-9-7-14)25-26-20(27)29-12-18(28)24-13(2)16-5-4-15(21)11-17(16)22/h3-9,11,13H,1,10,12H2,2H3,(H,24,28)/t13-/m1/s1. The number of aromatic nitrogens is 4. The van der Waals surface area contributed by atoms with Crippen LogP contribution in [-0.2, 0) is 11.3 Å². The number of benzene rings is 1. The molecular formula is C20H19Cl2N5OS. The molecule has 0 radical (unpaired) electrons. The lowest BCUT2D eigenvalue weighted by molar-refractivity contribution is -0.119. The van der Waals surface area contributed by atoms with Gasteiger partial charge in [0.05, 0.1) is 11.8 Å². The van der Waals surface area contributed by atoms with Crippen LogP contribution in [0.4, 0.5) is 0 Å². The Morgan fingerprint density at radius 3 is 2.72 bits per heavy atom. The van der Waals surface area contributed by atoms with E-state index < -0.39 is 0 Å². The van der Waals surface area contributed by atoms with Gasteiger partial charge in [0.25, 0.3) is 0 Å². The molecule has 3 aromatic rings. The maximum absolute atomic E-state index is 12.4. The van der Waals surface area contributed by atoms with E-state index in [4.69, 9.17) is 23.2 Å². The summed E-state index contributed by atoms with van der Waals surface area (Å²) in [6, 6.07) is 8.70. The molecule has 0 saturated heterocycles. The number of nitrogens with one attached hydrogen (secondary N) is 1. The van der Waals surface area contributed by atoms with Gasteiger partial charge >= 0.3 is 0 Å². The first-order valence-electron chi connectivity index (χ1n) is 8.81. The zero-order chi connectivity index (χ0) is 20.8. The molecule has 0 aliphatic heterocycles. The van der Waals surface area contributed by atoms with Gasteiger partial charge in [0.15, 0.2) is 11.0 Å². The molecule has 0 aliphatic rings. The van der Waals surface area contributed by atoms with Gasteiger partial charge in [-0.1, -0.05) is 47.1 Å². The van der Waals surface area contributed by atoms with Crippen LogP contribution in [-0.4, -0.2) is 31.4 Å². The van der Waals surface area contributed by atoms with E-state index in [2.05, 4.69) is 27.1 Å². The van der Waals surface area contributed by atoms with Crippen LogP contribution in [0, 0.1) is 0 Å². The van der Waals surface area contributed by atoms with Gasteiger partial charge in [-0.05, 0) is 36.8 Å². The zero-order valence-corrected chi connectivity index (χ0v) is 18.0. The van der Waals surface area contributed by atoms with Crippen molar-refractivity contribution in [3.63, 3.8) is 0 Å². The van der Waals surface area contributed by atoms with Crippen LogP contribution >= 0.6 is 35.0 Å². The number of pyridine rings is 1. The van der Waals surface area contributed by atoms with Gasteiger partial charge in [-0.2, -0.15) is 0 Å². The van der Waals surface area contributed by atoms with Crippen LogP contribution in [0.15, 0.2) is 60.5 Å². The first-order valence-corrected chi connectivity index (χ1v) is 10.6. The van der Waals surface area contributed by atoms with Crippen molar-refractivity contribution in [3.8, 4) is 11.4 Å². The van der Waals surface area contributed by atoms with Gasteiger partial charge in [0.1, 0.15) is 0 Å².